The molecule has 0 radical (unpaired) electrons. The lowest BCUT2D eigenvalue weighted by atomic mass is 9.98. The highest BCUT2D eigenvalue weighted by Gasteiger charge is 2.23. The van der Waals surface area contributed by atoms with E-state index < -0.39 is 0 Å². The van der Waals surface area contributed by atoms with E-state index in [2.05, 4.69) is 0 Å². The number of methoxy groups -OCH3 is 2. The number of ketones is 1. The van der Waals surface area contributed by atoms with E-state index in [0.717, 1.165) is 5.56 Å². The average Bonchev–Trinajstić information content (AvgIpc) is 2.64. The molecule has 2 aromatic carbocycles. The monoisotopic (exact) mass is 270 g/mol. The summed E-state index contributed by atoms with van der Waals surface area (Å²) in [6, 6.07) is 10.7. The van der Waals surface area contributed by atoms with Gasteiger partial charge in [-0.25, -0.2) is 0 Å². The summed E-state index contributed by atoms with van der Waals surface area (Å²) in [7, 11) is 3.15. The van der Waals surface area contributed by atoms with Crippen molar-refractivity contribution in [2.45, 2.75) is 6.61 Å². The second kappa shape index (κ2) is 4.89. The van der Waals surface area contributed by atoms with Crippen LogP contribution in [0.4, 0.5) is 0 Å². The van der Waals surface area contributed by atoms with Gasteiger partial charge in [-0.3, -0.25) is 4.79 Å². The highest BCUT2D eigenvalue weighted by Crippen LogP contribution is 2.32. The van der Waals surface area contributed by atoms with Gasteiger partial charge in [-0.1, -0.05) is 6.07 Å². The largest absolute Gasteiger partial charge is 0.497 e. The van der Waals surface area contributed by atoms with E-state index in [1.165, 1.54) is 0 Å². The zero-order valence-electron chi connectivity index (χ0n) is 11.3. The van der Waals surface area contributed by atoms with Crippen molar-refractivity contribution in [2.24, 2.45) is 0 Å². The number of ether oxygens (including phenoxy) is 3. The Morgan fingerprint density at radius 1 is 0.950 bits per heavy atom. The molecule has 0 fully saturated rings. The van der Waals surface area contributed by atoms with Gasteiger partial charge in [-0.05, 0) is 30.3 Å². The van der Waals surface area contributed by atoms with Gasteiger partial charge in [0.15, 0.2) is 5.78 Å². The molecule has 0 bridgehead atoms. The fourth-order valence-electron chi connectivity index (χ4n) is 2.26. The third kappa shape index (κ3) is 1.99. The molecular weight excluding hydrogens is 256 g/mol. The predicted octanol–water partition coefficient (Wildman–Crippen LogP) is 2.83. The van der Waals surface area contributed by atoms with Crippen LogP contribution in [0, 0.1) is 0 Å². The molecule has 0 atom stereocenters. The number of benzene rings is 2. The first kappa shape index (κ1) is 12.5. The van der Waals surface area contributed by atoms with Crippen LogP contribution in [-0.2, 0) is 6.61 Å². The molecular formula is C16H14O4. The fourth-order valence-corrected chi connectivity index (χ4v) is 2.26. The summed E-state index contributed by atoms with van der Waals surface area (Å²) >= 11 is 0. The lowest BCUT2D eigenvalue weighted by Gasteiger charge is -2.07. The van der Waals surface area contributed by atoms with Gasteiger partial charge < -0.3 is 14.2 Å². The first-order valence-electron chi connectivity index (χ1n) is 6.25. The third-order valence-electron chi connectivity index (χ3n) is 3.38. The standard InChI is InChI=1S/C16H14O4/c1-18-11-4-3-10-9-20-15-6-5-12(19-2)8-14(15)16(17)13(10)7-11/h3-8H,9H2,1-2H3. The summed E-state index contributed by atoms with van der Waals surface area (Å²) in [5.41, 5.74) is 1.97. The molecule has 0 aliphatic carbocycles. The molecule has 0 amide bonds. The molecule has 0 aromatic heterocycles. The lowest BCUT2D eigenvalue weighted by molar-refractivity contribution is 0.103. The molecule has 1 aliphatic heterocycles. The van der Waals surface area contributed by atoms with E-state index >= 15 is 0 Å². The number of carbonyl (C=O) groups is 1. The maximum atomic E-state index is 12.7. The molecule has 0 N–H and O–H groups in total. The molecule has 1 aliphatic rings. The maximum absolute atomic E-state index is 12.7. The van der Waals surface area contributed by atoms with Gasteiger partial charge in [0.2, 0.25) is 0 Å². The summed E-state index contributed by atoms with van der Waals surface area (Å²) < 4.78 is 16.1. The van der Waals surface area contributed by atoms with Crippen molar-refractivity contribution in [3.63, 3.8) is 0 Å². The Balaban J connectivity index is 2.14. The minimum absolute atomic E-state index is 0.0784. The van der Waals surface area contributed by atoms with Gasteiger partial charge in [0.05, 0.1) is 19.8 Å². The van der Waals surface area contributed by atoms with Gasteiger partial charge in [0, 0.05) is 11.1 Å². The highest BCUT2D eigenvalue weighted by atomic mass is 16.5. The molecule has 102 valence electrons. The van der Waals surface area contributed by atoms with Crippen LogP contribution in [0.2, 0.25) is 0 Å². The Labute approximate surface area is 116 Å². The summed E-state index contributed by atoms with van der Waals surface area (Å²) in [6.07, 6.45) is 0. The highest BCUT2D eigenvalue weighted by molar-refractivity contribution is 6.12. The first-order valence-corrected chi connectivity index (χ1v) is 6.25. The van der Waals surface area contributed by atoms with Gasteiger partial charge in [-0.2, -0.15) is 0 Å². The molecule has 2 aromatic rings. The molecule has 0 saturated carbocycles. The molecule has 0 spiro atoms. The third-order valence-corrected chi connectivity index (χ3v) is 3.38. The van der Waals surface area contributed by atoms with Crippen molar-refractivity contribution in [3.05, 3.63) is 53.1 Å². The SMILES string of the molecule is COc1ccc2c(c1)C(=O)c1cc(OC)ccc1OC2. The quantitative estimate of drug-likeness (QED) is 0.841. The maximum Gasteiger partial charge on any atom is 0.197 e. The van der Waals surface area contributed by atoms with Crippen LogP contribution in [-0.4, -0.2) is 20.0 Å². The normalized spacial score (nSPS) is 12.8. The molecule has 20 heavy (non-hydrogen) atoms. The van der Waals surface area contributed by atoms with Gasteiger partial charge >= 0.3 is 0 Å². The molecule has 3 rings (SSSR count). The van der Waals surface area contributed by atoms with E-state index in [-0.39, 0.29) is 5.78 Å². The zero-order chi connectivity index (χ0) is 14.1. The lowest BCUT2D eigenvalue weighted by Crippen LogP contribution is -2.03. The van der Waals surface area contributed by atoms with Crippen LogP contribution in [0.5, 0.6) is 17.2 Å². The predicted molar refractivity (Wildman–Crippen MR) is 73.8 cm³/mol. The second-order valence-corrected chi connectivity index (χ2v) is 4.50. The Morgan fingerprint density at radius 3 is 2.30 bits per heavy atom. The Kier molecular flexibility index (Phi) is 3.06. The smallest absolute Gasteiger partial charge is 0.197 e. The van der Waals surface area contributed by atoms with E-state index in [4.69, 9.17) is 14.2 Å². The summed E-state index contributed by atoms with van der Waals surface area (Å²) in [6.45, 7) is 0.365. The van der Waals surface area contributed by atoms with Crippen molar-refractivity contribution in [2.75, 3.05) is 14.2 Å². The van der Waals surface area contributed by atoms with Crippen molar-refractivity contribution < 1.29 is 19.0 Å². The summed E-state index contributed by atoms with van der Waals surface area (Å²) in [5, 5.41) is 0. The van der Waals surface area contributed by atoms with Gasteiger partial charge in [-0.15, -0.1) is 0 Å². The first-order chi connectivity index (χ1) is 9.72. The number of hydrogen-bond donors (Lipinski definition) is 0. The molecule has 4 heteroatoms. The van der Waals surface area contributed by atoms with Crippen LogP contribution in [0.25, 0.3) is 0 Å². The fraction of sp³-hybridized carbons (Fsp3) is 0.188. The van der Waals surface area contributed by atoms with Crippen molar-refractivity contribution >= 4 is 5.78 Å². The van der Waals surface area contributed by atoms with Crippen LogP contribution in [0.3, 0.4) is 0 Å². The van der Waals surface area contributed by atoms with E-state index in [1.807, 2.05) is 12.1 Å². The van der Waals surface area contributed by atoms with E-state index in [1.54, 1.807) is 38.5 Å². The topological polar surface area (TPSA) is 44.8 Å². The summed E-state index contributed by atoms with van der Waals surface area (Å²) in [4.78, 5) is 12.7. The van der Waals surface area contributed by atoms with Crippen molar-refractivity contribution in [1.29, 1.82) is 0 Å². The van der Waals surface area contributed by atoms with Crippen LogP contribution in [0.15, 0.2) is 36.4 Å². The number of rotatable bonds is 2. The molecule has 4 nitrogen and oxygen atoms in total. The molecule has 0 unspecified atom stereocenters. The van der Waals surface area contributed by atoms with E-state index in [0.29, 0.717) is 35.0 Å². The average molecular weight is 270 g/mol. The van der Waals surface area contributed by atoms with Crippen molar-refractivity contribution in [1.82, 2.24) is 0 Å². The van der Waals surface area contributed by atoms with E-state index in [9.17, 15) is 4.79 Å². The second-order valence-electron chi connectivity index (χ2n) is 4.50. The zero-order valence-corrected chi connectivity index (χ0v) is 11.3. The Bertz CT molecular complexity index is 619. The summed E-state index contributed by atoms with van der Waals surface area (Å²) in [5.74, 6) is 1.78. The van der Waals surface area contributed by atoms with Gasteiger partial charge in [0.25, 0.3) is 0 Å². The molecule has 1 heterocycles. The van der Waals surface area contributed by atoms with Gasteiger partial charge in [0.1, 0.15) is 23.9 Å². The Hall–Kier alpha value is -2.49. The molecule has 0 saturated heterocycles. The number of fused-ring (bicyclic) bond motifs is 2. The Morgan fingerprint density at radius 2 is 1.60 bits per heavy atom. The van der Waals surface area contributed by atoms with Crippen LogP contribution in [0.1, 0.15) is 21.5 Å². The van der Waals surface area contributed by atoms with Crippen LogP contribution >= 0.6 is 0 Å². The minimum atomic E-state index is -0.0784. The minimum Gasteiger partial charge on any atom is -0.497 e. The number of carbonyl (C=O) groups excluding carboxylic acids is 1. The van der Waals surface area contributed by atoms with Crippen molar-refractivity contribution in [3.8, 4) is 17.2 Å². The van der Waals surface area contributed by atoms with Crippen LogP contribution < -0.4 is 14.2 Å². The number of hydrogen-bond acceptors (Lipinski definition) is 4.